The van der Waals surface area contributed by atoms with Crippen LogP contribution in [0.15, 0.2) is 54.2 Å². The topological polar surface area (TPSA) is 78.1 Å². The summed E-state index contributed by atoms with van der Waals surface area (Å²) in [6.07, 6.45) is 7.37. The van der Waals surface area contributed by atoms with E-state index in [2.05, 4.69) is 28.8 Å². The summed E-state index contributed by atoms with van der Waals surface area (Å²) in [6.45, 7) is 6.98. The van der Waals surface area contributed by atoms with Crippen LogP contribution in [0.25, 0.3) is 11.1 Å². The molecule has 1 saturated heterocycles. The molecule has 1 atom stereocenters. The van der Waals surface area contributed by atoms with Crippen molar-refractivity contribution < 1.29 is 4.79 Å². The van der Waals surface area contributed by atoms with Crippen LogP contribution in [0.4, 0.5) is 5.69 Å². The largest absolute Gasteiger partial charge is 0.377 e. The van der Waals surface area contributed by atoms with Gasteiger partial charge in [0.15, 0.2) is 0 Å². The van der Waals surface area contributed by atoms with Crippen LogP contribution in [0.5, 0.6) is 0 Å². The molecule has 3 heterocycles. The standard InChI is InChI=1S/C19H22N4O2/c1-3-16(15-11-23(12-15)18(24)4-2)22-17-9-14(10-21-19(17)25)13-5-7-20-8-6-13/h4-10,15-16,22H,2-3,11-12H2,1H3,(H,21,25). The fourth-order valence-corrected chi connectivity index (χ4v) is 3.13. The highest BCUT2D eigenvalue weighted by Crippen LogP contribution is 2.25. The van der Waals surface area contributed by atoms with E-state index in [1.54, 1.807) is 23.5 Å². The number of aromatic amines is 1. The van der Waals surface area contributed by atoms with E-state index in [0.717, 1.165) is 17.5 Å². The number of nitrogens with zero attached hydrogens (tertiary/aromatic N) is 2. The SMILES string of the molecule is C=CC(=O)N1CC(C(CC)Nc2cc(-c3ccncc3)c[nH]c2=O)C1. The second-order valence-electron chi connectivity index (χ2n) is 6.23. The Hall–Kier alpha value is -2.89. The van der Waals surface area contributed by atoms with Crippen molar-refractivity contribution >= 4 is 11.6 Å². The van der Waals surface area contributed by atoms with Gasteiger partial charge in [0.2, 0.25) is 5.91 Å². The Morgan fingerprint density at radius 3 is 2.80 bits per heavy atom. The van der Waals surface area contributed by atoms with Crippen molar-refractivity contribution in [2.24, 2.45) is 5.92 Å². The van der Waals surface area contributed by atoms with Crippen LogP contribution in [0.2, 0.25) is 0 Å². The fraction of sp³-hybridized carbons (Fsp3) is 0.316. The van der Waals surface area contributed by atoms with Gasteiger partial charge in [0.1, 0.15) is 5.69 Å². The summed E-state index contributed by atoms with van der Waals surface area (Å²) in [5.41, 5.74) is 2.33. The number of H-pyrrole nitrogens is 1. The average Bonchev–Trinajstić information content (AvgIpc) is 2.61. The Morgan fingerprint density at radius 1 is 1.44 bits per heavy atom. The number of hydrogen-bond acceptors (Lipinski definition) is 4. The molecular weight excluding hydrogens is 316 g/mol. The molecule has 25 heavy (non-hydrogen) atoms. The summed E-state index contributed by atoms with van der Waals surface area (Å²) < 4.78 is 0. The smallest absolute Gasteiger partial charge is 0.271 e. The summed E-state index contributed by atoms with van der Waals surface area (Å²) >= 11 is 0. The molecule has 2 N–H and O–H groups in total. The molecule has 3 rings (SSSR count). The minimum atomic E-state index is -0.144. The van der Waals surface area contributed by atoms with Gasteiger partial charge < -0.3 is 15.2 Å². The first kappa shape index (κ1) is 17.0. The van der Waals surface area contributed by atoms with E-state index in [-0.39, 0.29) is 17.5 Å². The Kier molecular flexibility index (Phi) is 4.97. The molecule has 1 aliphatic heterocycles. The molecule has 130 valence electrons. The lowest BCUT2D eigenvalue weighted by Gasteiger charge is -2.43. The quantitative estimate of drug-likeness (QED) is 0.792. The Labute approximate surface area is 146 Å². The van der Waals surface area contributed by atoms with Gasteiger partial charge >= 0.3 is 0 Å². The van der Waals surface area contributed by atoms with Crippen LogP contribution >= 0.6 is 0 Å². The second kappa shape index (κ2) is 7.34. The van der Waals surface area contributed by atoms with Crippen LogP contribution in [-0.4, -0.2) is 39.9 Å². The van der Waals surface area contributed by atoms with Gasteiger partial charge in [-0.1, -0.05) is 13.5 Å². The number of pyridine rings is 2. The molecule has 1 amide bonds. The number of carbonyl (C=O) groups is 1. The van der Waals surface area contributed by atoms with E-state index < -0.39 is 0 Å². The van der Waals surface area contributed by atoms with E-state index >= 15 is 0 Å². The van der Waals surface area contributed by atoms with Crippen molar-refractivity contribution in [3.8, 4) is 11.1 Å². The van der Waals surface area contributed by atoms with Crippen LogP contribution in [0.3, 0.4) is 0 Å². The summed E-state index contributed by atoms with van der Waals surface area (Å²) in [4.78, 5) is 32.4. The molecule has 0 aliphatic carbocycles. The second-order valence-corrected chi connectivity index (χ2v) is 6.23. The van der Waals surface area contributed by atoms with Crippen LogP contribution in [0.1, 0.15) is 13.3 Å². The van der Waals surface area contributed by atoms with Gasteiger partial charge in [-0.3, -0.25) is 14.6 Å². The van der Waals surface area contributed by atoms with Crippen molar-refractivity contribution in [3.05, 3.63) is 59.8 Å². The number of hydrogen-bond donors (Lipinski definition) is 2. The zero-order valence-corrected chi connectivity index (χ0v) is 14.2. The Balaban J connectivity index is 1.74. The predicted molar refractivity (Wildman–Crippen MR) is 98.3 cm³/mol. The highest BCUT2D eigenvalue weighted by molar-refractivity contribution is 5.87. The zero-order valence-electron chi connectivity index (χ0n) is 14.2. The molecule has 6 nitrogen and oxygen atoms in total. The van der Waals surface area contributed by atoms with Crippen LogP contribution in [-0.2, 0) is 4.79 Å². The maximum Gasteiger partial charge on any atom is 0.271 e. The molecule has 0 spiro atoms. The van der Waals surface area contributed by atoms with Gasteiger partial charge in [0, 0.05) is 49.2 Å². The third-order valence-electron chi connectivity index (χ3n) is 4.66. The number of carbonyl (C=O) groups excluding carboxylic acids is 1. The van der Waals surface area contributed by atoms with Gasteiger partial charge in [-0.15, -0.1) is 0 Å². The summed E-state index contributed by atoms with van der Waals surface area (Å²) in [5.74, 6) is 0.293. The third-order valence-corrected chi connectivity index (χ3v) is 4.66. The van der Waals surface area contributed by atoms with Gasteiger partial charge in [-0.25, -0.2) is 0 Å². The number of aromatic nitrogens is 2. The lowest BCUT2D eigenvalue weighted by molar-refractivity contribution is -0.132. The maximum atomic E-state index is 12.2. The van der Waals surface area contributed by atoms with Gasteiger partial charge in [0.05, 0.1) is 0 Å². The molecule has 1 fully saturated rings. The van der Waals surface area contributed by atoms with Gasteiger partial charge in [0.25, 0.3) is 5.56 Å². The lowest BCUT2D eigenvalue weighted by atomic mass is 9.89. The summed E-state index contributed by atoms with van der Waals surface area (Å²) in [7, 11) is 0. The minimum Gasteiger partial charge on any atom is -0.377 e. The molecule has 0 saturated carbocycles. The molecule has 1 aliphatic rings. The zero-order chi connectivity index (χ0) is 17.8. The molecule has 0 radical (unpaired) electrons. The number of nitrogens with one attached hydrogen (secondary N) is 2. The van der Waals surface area contributed by atoms with E-state index in [0.29, 0.717) is 24.7 Å². The van der Waals surface area contributed by atoms with Crippen molar-refractivity contribution in [1.29, 1.82) is 0 Å². The van der Waals surface area contributed by atoms with E-state index in [4.69, 9.17) is 0 Å². The first-order valence-corrected chi connectivity index (χ1v) is 8.43. The van der Waals surface area contributed by atoms with E-state index in [1.165, 1.54) is 6.08 Å². The highest BCUT2D eigenvalue weighted by Gasteiger charge is 2.34. The van der Waals surface area contributed by atoms with Gasteiger partial charge in [-0.2, -0.15) is 0 Å². The summed E-state index contributed by atoms with van der Waals surface area (Å²) in [6, 6.07) is 5.81. The van der Waals surface area contributed by atoms with Crippen LogP contribution < -0.4 is 10.9 Å². The van der Waals surface area contributed by atoms with Crippen molar-refractivity contribution in [1.82, 2.24) is 14.9 Å². The molecule has 1 unspecified atom stereocenters. The number of amides is 1. The average molecular weight is 338 g/mol. The van der Waals surface area contributed by atoms with E-state index in [1.807, 2.05) is 18.2 Å². The molecular formula is C19H22N4O2. The minimum absolute atomic E-state index is 0.0383. The highest BCUT2D eigenvalue weighted by atomic mass is 16.2. The predicted octanol–water partition coefficient (Wildman–Crippen LogP) is 2.27. The molecule has 0 bridgehead atoms. The number of rotatable bonds is 6. The van der Waals surface area contributed by atoms with Crippen molar-refractivity contribution in [3.63, 3.8) is 0 Å². The number of likely N-dealkylation sites (tertiary alicyclic amines) is 1. The molecule has 2 aromatic rings. The third kappa shape index (κ3) is 3.63. The molecule has 6 heteroatoms. The lowest BCUT2D eigenvalue weighted by Crippen LogP contribution is -2.55. The van der Waals surface area contributed by atoms with Gasteiger partial charge in [-0.05, 0) is 36.3 Å². The number of anilines is 1. The fourth-order valence-electron chi connectivity index (χ4n) is 3.13. The normalized spacial score (nSPS) is 15.3. The van der Waals surface area contributed by atoms with Crippen molar-refractivity contribution in [2.45, 2.75) is 19.4 Å². The monoisotopic (exact) mass is 338 g/mol. The Morgan fingerprint density at radius 2 is 2.16 bits per heavy atom. The van der Waals surface area contributed by atoms with E-state index in [9.17, 15) is 9.59 Å². The molecule has 0 aromatic carbocycles. The first-order chi connectivity index (χ1) is 12.1. The maximum absolute atomic E-state index is 12.2. The molecule has 2 aromatic heterocycles. The first-order valence-electron chi connectivity index (χ1n) is 8.43. The van der Waals surface area contributed by atoms with Crippen molar-refractivity contribution in [2.75, 3.05) is 18.4 Å². The summed E-state index contributed by atoms with van der Waals surface area (Å²) in [5, 5.41) is 3.36. The Bertz CT molecular complexity index is 810. The van der Waals surface area contributed by atoms with Crippen LogP contribution in [0, 0.1) is 5.92 Å².